The summed E-state index contributed by atoms with van der Waals surface area (Å²) >= 11 is 1.72. The largest absolute Gasteiger partial charge is 0.397 e. The number of aryl methyl sites for hydroxylation is 1. The fourth-order valence-electron chi connectivity index (χ4n) is 2.95. The van der Waals surface area contributed by atoms with Crippen LogP contribution in [0.5, 0.6) is 0 Å². The number of thiazole rings is 1. The van der Waals surface area contributed by atoms with Gasteiger partial charge in [-0.2, -0.15) is 0 Å². The van der Waals surface area contributed by atoms with Crippen LogP contribution in [-0.2, 0) is 0 Å². The number of fused-ring (bicyclic) bond motifs is 1. The molecule has 0 aliphatic carbocycles. The minimum absolute atomic E-state index is 0.891. The van der Waals surface area contributed by atoms with E-state index in [1.165, 1.54) is 29.6 Å². The zero-order valence-corrected chi connectivity index (χ0v) is 12.5. The van der Waals surface area contributed by atoms with Crippen molar-refractivity contribution in [2.75, 3.05) is 23.7 Å². The van der Waals surface area contributed by atoms with Crippen LogP contribution >= 0.6 is 11.3 Å². The number of aromatic nitrogens is 1. The molecule has 3 rings (SSSR count). The third kappa shape index (κ3) is 2.41. The average Bonchev–Trinajstić information content (AvgIpc) is 2.77. The van der Waals surface area contributed by atoms with Crippen LogP contribution in [0.3, 0.4) is 0 Å². The van der Waals surface area contributed by atoms with Crippen LogP contribution in [0.4, 0.5) is 11.4 Å². The summed E-state index contributed by atoms with van der Waals surface area (Å²) in [7, 11) is 0. The Balaban J connectivity index is 1.90. The zero-order valence-electron chi connectivity index (χ0n) is 11.6. The van der Waals surface area contributed by atoms with Crippen LogP contribution in [0.15, 0.2) is 12.1 Å². The summed E-state index contributed by atoms with van der Waals surface area (Å²) in [5.74, 6) is 0.891. The van der Waals surface area contributed by atoms with Gasteiger partial charge in [0.05, 0.1) is 26.6 Å². The SMILES string of the molecule is CCC1CCN(c2cc3nc(C)sc3cc2N)CC1. The molecular formula is C15H21N3S. The highest BCUT2D eigenvalue weighted by atomic mass is 32.1. The van der Waals surface area contributed by atoms with Gasteiger partial charge < -0.3 is 10.6 Å². The Bertz CT molecular complexity index is 582. The predicted molar refractivity (Wildman–Crippen MR) is 84.0 cm³/mol. The molecule has 2 aromatic rings. The van der Waals surface area contributed by atoms with Gasteiger partial charge in [-0.15, -0.1) is 11.3 Å². The van der Waals surface area contributed by atoms with Gasteiger partial charge in [0, 0.05) is 13.1 Å². The molecule has 0 amide bonds. The first-order valence-corrected chi connectivity index (χ1v) is 7.90. The molecule has 0 unspecified atom stereocenters. The molecule has 19 heavy (non-hydrogen) atoms. The maximum Gasteiger partial charge on any atom is 0.0907 e. The molecule has 3 nitrogen and oxygen atoms in total. The van der Waals surface area contributed by atoms with Gasteiger partial charge in [-0.25, -0.2) is 4.98 Å². The quantitative estimate of drug-likeness (QED) is 0.847. The van der Waals surface area contributed by atoms with Crippen LogP contribution in [0, 0.1) is 12.8 Å². The van der Waals surface area contributed by atoms with Gasteiger partial charge in [-0.1, -0.05) is 13.3 Å². The Kier molecular flexibility index (Phi) is 3.35. The van der Waals surface area contributed by atoms with Gasteiger partial charge >= 0.3 is 0 Å². The van der Waals surface area contributed by atoms with Gasteiger partial charge in [0.1, 0.15) is 0 Å². The predicted octanol–water partition coefficient (Wildman–Crippen LogP) is 3.81. The standard InChI is InChI=1S/C15H21N3S/c1-3-11-4-6-18(7-5-11)14-9-13-15(8-12(14)16)19-10(2)17-13/h8-9,11H,3-7,16H2,1-2H3. The van der Waals surface area contributed by atoms with E-state index >= 15 is 0 Å². The lowest BCUT2D eigenvalue weighted by molar-refractivity contribution is 0.395. The summed E-state index contributed by atoms with van der Waals surface area (Å²) in [4.78, 5) is 7.00. The van der Waals surface area contributed by atoms with Gasteiger partial charge in [0.25, 0.3) is 0 Å². The van der Waals surface area contributed by atoms with Crippen molar-refractivity contribution in [2.24, 2.45) is 5.92 Å². The van der Waals surface area contributed by atoms with Crippen LogP contribution in [0.2, 0.25) is 0 Å². The van der Waals surface area contributed by atoms with Gasteiger partial charge in [0.15, 0.2) is 0 Å². The molecule has 2 heterocycles. The Morgan fingerprint density at radius 1 is 1.37 bits per heavy atom. The maximum atomic E-state index is 6.23. The molecule has 1 aliphatic heterocycles. The minimum atomic E-state index is 0.891. The van der Waals surface area contributed by atoms with Gasteiger partial charge in [0.2, 0.25) is 0 Å². The topological polar surface area (TPSA) is 42.2 Å². The number of rotatable bonds is 2. The zero-order chi connectivity index (χ0) is 13.4. The van der Waals surface area contributed by atoms with Crippen molar-refractivity contribution < 1.29 is 0 Å². The summed E-state index contributed by atoms with van der Waals surface area (Å²) in [5, 5.41) is 1.11. The Labute approximate surface area is 118 Å². The highest BCUT2D eigenvalue weighted by Gasteiger charge is 2.20. The summed E-state index contributed by atoms with van der Waals surface area (Å²) in [5.41, 5.74) is 9.39. The van der Waals surface area contributed by atoms with Crippen molar-refractivity contribution in [2.45, 2.75) is 33.1 Å². The number of nitrogen functional groups attached to an aromatic ring is 1. The second-order valence-electron chi connectivity index (χ2n) is 5.45. The lowest BCUT2D eigenvalue weighted by Crippen LogP contribution is -2.33. The van der Waals surface area contributed by atoms with Crippen molar-refractivity contribution in [3.63, 3.8) is 0 Å². The Morgan fingerprint density at radius 3 is 2.79 bits per heavy atom. The number of nitrogens with two attached hydrogens (primary N) is 1. The molecule has 4 heteroatoms. The van der Waals surface area contributed by atoms with E-state index in [0.717, 1.165) is 35.2 Å². The van der Waals surface area contributed by atoms with E-state index < -0.39 is 0 Å². The molecule has 102 valence electrons. The van der Waals surface area contributed by atoms with Crippen molar-refractivity contribution >= 4 is 32.9 Å². The second kappa shape index (κ2) is 5.00. The molecule has 0 bridgehead atoms. The fraction of sp³-hybridized carbons (Fsp3) is 0.533. The molecular weight excluding hydrogens is 254 g/mol. The Hall–Kier alpha value is -1.29. The molecule has 0 atom stereocenters. The lowest BCUT2D eigenvalue weighted by atomic mass is 9.94. The normalized spacial score (nSPS) is 17.3. The van der Waals surface area contributed by atoms with Crippen molar-refractivity contribution in [1.82, 2.24) is 4.98 Å². The van der Waals surface area contributed by atoms with Crippen molar-refractivity contribution in [3.8, 4) is 0 Å². The molecule has 1 aromatic heterocycles. The number of benzene rings is 1. The van der Waals surface area contributed by atoms with E-state index in [-0.39, 0.29) is 0 Å². The Morgan fingerprint density at radius 2 is 2.11 bits per heavy atom. The average molecular weight is 275 g/mol. The molecule has 1 aromatic carbocycles. The van der Waals surface area contributed by atoms with E-state index in [1.807, 2.05) is 6.92 Å². The summed E-state index contributed by atoms with van der Waals surface area (Å²) in [6.07, 6.45) is 3.86. The first-order valence-electron chi connectivity index (χ1n) is 7.09. The summed E-state index contributed by atoms with van der Waals surface area (Å²) in [6, 6.07) is 4.25. The van der Waals surface area contributed by atoms with Crippen LogP contribution in [-0.4, -0.2) is 18.1 Å². The number of hydrogen-bond acceptors (Lipinski definition) is 4. The molecule has 1 fully saturated rings. The van der Waals surface area contributed by atoms with Crippen LogP contribution in [0.1, 0.15) is 31.2 Å². The van der Waals surface area contributed by atoms with E-state index in [2.05, 4.69) is 28.9 Å². The third-order valence-electron chi connectivity index (χ3n) is 4.18. The monoisotopic (exact) mass is 275 g/mol. The molecule has 2 N–H and O–H groups in total. The van der Waals surface area contributed by atoms with Crippen molar-refractivity contribution in [1.29, 1.82) is 0 Å². The molecule has 0 saturated carbocycles. The van der Waals surface area contributed by atoms with E-state index in [0.29, 0.717) is 0 Å². The van der Waals surface area contributed by atoms with E-state index in [4.69, 9.17) is 5.73 Å². The smallest absolute Gasteiger partial charge is 0.0907 e. The van der Waals surface area contributed by atoms with E-state index in [9.17, 15) is 0 Å². The van der Waals surface area contributed by atoms with E-state index in [1.54, 1.807) is 11.3 Å². The first-order chi connectivity index (χ1) is 9.17. The maximum absolute atomic E-state index is 6.23. The van der Waals surface area contributed by atoms with Crippen LogP contribution in [0.25, 0.3) is 10.2 Å². The summed E-state index contributed by atoms with van der Waals surface area (Å²) < 4.78 is 1.20. The number of hydrogen-bond donors (Lipinski definition) is 1. The number of piperidine rings is 1. The van der Waals surface area contributed by atoms with Gasteiger partial charge in [-0.3, -0.25) is 0 Å². The second-order valence-corrected chi connectivity index (χ2v) is 6.69. The minimum Gasteiger partial charge on any atom is -0.397 e. The highest BCUT2D eigenvalue weighted by Crippen LogP contribution is 2.34. The third-order valence-corrected chi connectivity index (χ3v) is 5.11. The van der Waals surface area contributed by atoms with Gasteiger partial charge in [-0.05, 0) is 37.8 Å². The highest BCUT2D eigenvalue weighted by molar-refractivity contribution is 7.18. The summed E-state index contributed by atoms with van der Waals surface area (Å²) in [6.45, 7) is 6.58. The number of nitrogens with zero attached hydrogens (tertiary/aromatic N) is 2. The molecule has 1 aliphatic rings. The van der Waals surface area contributed by atoms with Crippen molar-refractivity contribution in [3.05, 3.63) is 17.1 Å². The number of anilines is 2. The molecule has 0 spiro atoms. The lowest BCUT2D eigenvalue weighted by Gasteiger charge is -2.33. The van der Waals surface area contributed by atoms with Crippen LogP contribution < -0.4 is 10.6 Å². The first kappa shape index (κ1) is 12.7. The fourth-order valence-corrected chi connectivity index (χ4v) is 3.81. The molecule has 0 radical (unpaired) electrons. The molecule has 1 saturated heterocycles.